The minimum Gasteiger partial charge on any atom is -0.389 e. The number of hydrogen-bond acceptors (Lipinski definition) is 5. The van der Waals surface area contributed by atoms with Crippen molar-refractivity contribution in [1.29, 1.82) is 0 Å². The highest BCUT2D eigenvalue weighted by molar-refractivity contribution is 14.0. The van der Waals surface area contributed by atoms with E-state index in [1.165, 1.54) is 25.8 Å². The van der Waals surface area contributed by atoms with Crippen LogP contribution in [0, 0.1) is 11.8 Å². The molecule has 1 aliphatic carbocycles. The molecule has 7 nitrogen and oxygen atoms in total. The van der Waals surface area contributed by atoms with E-state index in [2.05, 4.69) is 27.4 Å². The van der Waals surface area contributed by atoms with Gasteiger partial charge < -0.3 is 30.1 Å². The molecule has 0 bridgehead atoms. The van der Waals surface area contributed by atoms with Crippen molar-refractivity contribution >= 4 is 29.9 Å². The summed E-state index contributed by atoms with van der Waals surface area (Å²) in [5.41, 5.74) is 0. The molecule has 2 heterocycles. The third-order valence-electron chi connectivity index (χ3n) is 5.63. The number of hydrogen-bond donors (Lipinski definition) is 3. The molecule has 1 saturated carbocycles. The lowest BCUT2D eigenvalue weighted by Gasteiger charge is -2.34. The van der Waals surface area contributed by atoms with Crippen LogP contribution in [-0.2, 0) is 9.47 Å². The summed E-state index contributed by atoms with van der Waals surface area (Å²) in [6.45, 7) is 9.72. The Labute approximate surface area is 187 Å². The first-order chi connectivity index (χ1) is 13.2. The van der Waals surface area contributed by atoms with Crippen LogP contribution >= 0.6 is 24.0 Å². The fourth-order valence-corrected chi connectivity index (χ4v) is 3.77. The van der Waals surface area contributed by atoms with Gasteiger partial charge in [0, 0.05) is 45.4 Å². The number of ether oxygens (including phenoxy) is 2. The molecule has 0 aromatic heterocycles. The molecule has 3 fully saturated rings. The van der Waals surface area contributed by atoms with Crippen LogP contribution in [0.1, 0.15) is 39.0 Å². The van der Waals surface area contributed by atoms with Crippen molar-refractivity contribution in [3.63, 3.8) is 0 Å². The van der Waals surface area contributed by atoms with Crippen molar-refractivity contribution in [1.82, 2.24) is 15.5 Å². The van der Waals surface area contributed by atoms with Crippen LogP contribution in [0.25, 0.3) is 0 Å². The summed E-state index contributed by atoms with van der Waals surface area (Å²) in [7, 11) is 0. The molecular weight excluding hydrogens is 471 g/mol. The Morgan fingerprint density at radius 3 is 2.64 bits per heavy atom. The molecule has 8 heteroatoms. The summed E-state index contributed by atoms with van der Waals surface area (Å²) in [5.74, 6) is 2.25. The second-order valence-electron chi connectivity index (χ2n) is 8.30. The van der Waals surface area contributed by atoms with Crippen LogP contribution in [0.2, 0.25) is 0 Å². The van der Waals surface area contributed by atoms with Gasteiger partial charge in [-0.15, -0.1) is 24.0 Å². The summed E-state index contributed by atoms with van der Waals surface area (Å²) in [5, 5.41) is 16.9. The Bertz CT molecular complexity index is 451. The van der Waals surface area contributed by atoms with Gasteiger partial charge in [-0.3, -0.25) is 4.99 Å². The average Bonchev–Trinajstić information content (AvgIpc) is 3.35. The van der Waals surface area contributed by atoms with Crippen LogP contribution in [-0.4, -0.2) is 87.3 Å². The van der Waals surface area contributed by atoms with Gasteiger partial charge >= 0.3 is 0 Å². The van der Waals surface area contributed by atoms with Gasteiger partial charge in [0.2, 0.25) is 0 Å². The highest BCUT2D eigenvalue weighted by Crippen LogP contribution is 2.28. The molecule has 0 amide bonds. The zero-order valence-electron chi connectivity index (χ0n) is 17.3. The van der Waals surface area contributed by atoms with E-state index in [1.54, 1.807) is 0 Å². The quantitative estimate of drug-likeness (QED) is 0.235. The van der Waals surface area contributed by atoms with Crippen molar-refractivity contribution in [2.45, 2.75) is 51.2 Å². The van der Waals surface area contributed by atoms with Gasteiger partial charge in [0.05, 0.1) is 25.9 Å². The second kappa shape index (κ2) is 13.2. The van der Waals surface area contributed by atoms with Gasteiger partial charge in [0.25, 0.3) is 0 Å². The predicted octanol–water partition coefficient (Wildman–Crippen LogP) is 1.45. The highest BCUT2D eigenvalue weighted by Gasteiger charge is 2.24. The normalized spacial score (nSPS) is 25.4. The number of piperidine rings is 1. The molecule has 28 heavy (non-hydrogen) atoms. The molecule has 0 aromatic rings. The standard InChI is InChI=1S/C20H38N4O3.HI/c1-2-21-20(22-11-19(25)15-27-13-16-3-4-16)23-18-5-8-24(9-6-18)12-17-7-10-26-14-17;/h16-19,25H,2-15H2,1H3,(H2,21,22,23);1H. The summed E-state index contributed by atoms with van der Waals surface area (Å²) in [4.78, 5) is 7.13. The Balaban J connectivity index is 0.00000280. The van der Waals surface area contributed by atoms with Crippen molar-refractivity contribution in [3.05, 3.63) is 0 Å². The lowest BCUT2D eigenvalue weighted by molar-refractivity contribution is 0.0368. The molecule has 2 atom stereocenters. The van der Waals surface area contributed by atoms with Gasteiger partial charge in [-0.1, -0.05) is 0 Å². The van der Waals surface area contributed by atoms with Crippen molar-refractivity contribution < 1.29 is 14.6 Å². The molecule has 164 valence electrons. The number of likely N-dealkylation sites (tertiary alicyclic amines) is 1. The Kier molecular flexibility index (Phi) is 11.4. The largest absolute Gasteiger partial charge is 0.389 e. The van der Waals surface area contributed by atoms with Gasteiger partial charge in [0.1, 0.15) is 0 Å². The Morgan fingerprint density at radius 2 is 2.00 bits per heavy atom. The number of guanidine groups is 1. The summed E-state index contributed by atoms with van der Waals surface area (Å²) in [6.07, 6.45) is 5.49. The smallest absolute Gasteiger partial charge is 0.191 e. The van der Waals surface area contributed by atoms with Crippen LogP contribution < -0.4 is 10.6 Å². The number of nitrogens with zero attached hydrogens (tertiary/aromatic N) is 2. The summed E-state index contributed by atoms with van der Waals surface area (Å²) < 4.78 is 11.0. The molecule has 0 spiro atoms. The fraction of sp³-hybridized carbons (Fsp3) is 0.950. The first kappa shape index (κ1) is 24.1. The summed E-state index contributed by atoms with van der Waals surface area (Å²) in [6, 6.07) is 0.446. The van der Waals surface area contributed by atoms with E-state index < -0.39 is 6.10 Å². The number of aliphatic imine (C=N–C) groups is 1. The maximum atomic E-state index is 10.1. The van der Waals surface area contributed by atoms with Crippen molar-refractivity contribution in [3.8, 4) is 0 Å². The van der Waals surface area contributed by atoms with E-state index in [1.807, 2.05) is 0 Å². The fourth-order valence-electron chi connectivity index (χ4n) is 3.77. The van der Waals surface area contributed by atoms with E-state index in [-0.39, 0.29) is 24.0 Å². The molecule has 3 N–H and O–H groups in total. The molecule has 2 aliphatic heterocycles. The van der Waals surface area contributed by atoms with Crippen LogP contribution in [0.3, 0.4) is 0 Å². The molecular formula is C20H39IN4O3. The van der Waals surface area contributed by atoms with E-state index in [0.717, 1.165) is 70.1 Å². The molecule has 0 radical (unpaired) electrons. The first-order valence-corrected chi connectivity index (χ1v) is 10.8. The average molecular weight is 510 g/mol. The molecule has 0 aromatic carbocycles. The van der Waals surface area contributed by atoms with E-state index in [4.69, 9.17) is 9.47 Å². The van der Waals surface area contributed by atoms with Crippen molar-refractivity contribution in [2.75, 3.05) is 59.2 Å². The van der Waals surface area contributed by atoms with Gasteiger partial charge in [-0.05, 0) is 50.9 Å². The number of aliphatic hydroxyl groups excluding tert-OH is 1. The second-order valence-corrected chi connectivity index (χ2v) is 8.30. The molecule has 3 aliphatic rings. The van der Waals surface area contributed by atoms with Crippen LogP contribution in [0.15, 0.2) is 4.99 Å². The number of nitrogens with one attached hydrogen (secondary N) is 2. The monoisotopic (exact) mass is 510 g/mol. The van der Waals surface area contributed by atoms with Gasteiger partial charge in [0.15, 0.2) is 5.96 Å². The molecule has 2 unspecified atom stereocenters. The third kappa shape index (κ3) is 9.11. The van der Waals surface area contributed by atoms with Crippen LogP contribution in [0.4, 0.5) is 0 Å². The SMILES string of the molecule is CCNC(=NCC(O)COCC1CC1)NC1CCN(CC2CCOC2)CC1.I. The third-order valence-corrected chi connectivity index (χ3v) is 5.63. The molecule has 3 rings (SSSR count). The lowest BCUT2D eigenvalue weighted by atomic mass is 10.0. The van der Waals surface area contributed by atoms with E-state index in [9.17, 15) is 5.11 Å². The Hall–Kier alpha value is -0.160. The number of aliphatic hydroxyl groups is 1. The zero-order chi connectivity index (χ0) is 18.9. The summed E-state index contributed by atoms with van der Waals surface area (Å²) >= 11 is 0. The van der Waals surface area contributed by atoms with E-state index >= 15 is 0 Å². The number of rotatable bonds is 10. The minimum atomic E-state index is -0.533. The topological polar surface area (TPSA) is 78.4 Å². The Morgan fingerprint density at radius 1 is 1.21 bits per heavy atom. The number of halogens is 1. The van der Waals surface area contributed by atoms with Gasteiger partial charge in [-0.25, -0.2) is 0 Å². The van der Waals surface area contributed by atoms with E-state index in [0.29, 0.717) is 19.2 Å². The zero-order valence-corrected chi connectivity index (χ0v) is 19.6. The highest BCUT2D eigenvalue weighted by atomic mass is 127. The first-order valence-electron chi connectivity index (χ1n) is 10.8. The maximum Gasteiger partial charge on any atom is 0.191 e. The lowest BCUT2D eigenvalue weighted by Crippen LogP contribution is -2.49. The van der Waals surface area contributed by atoms with Gasteiger partial charge in [-0.2, -0.15) is 0 Å². The predicted molar refractivity (Wildman–Crippen MR) is 122 cm³/mol. The molecule has 2 saturated heterocycles. The van der Waals surface area contributed by atoms with Crippen LogP contribution in [0.5, 0.6) is 0 Å². The van der Waals surface area contributed by atoms with Crippen molar-refractivity contribution in [2.24, 2.45) is 16.8 Å². The minimum absolute atomic E-state index is 0. The maximum absolute atomic E-state index is 10.1.